The highest BCUT2D eigenvalue weighted by Gasteiger charge is 2.00. The lowest BCUT2D eigenvalue weighted by atomic mass is 10.2. The van der Waals surface area contributed by atoms with Crippen molar-refractivity contribution in [3.63, 3.8) is 0 Å². The van der Waals surface area contributed by atoms with Gasteiger partial charge in [-0.3, -0.25) is 5.41 Å². The van der Waals surface area contributed by atoms with Gasteiger partial charge in [0, 0.05) is 22.0 Å². The monoisotopic (exact) mass is 235 g/mol. The van der Waals surface area contributed by atoms with Crippen LogP contribution in [0, 0.1) is 5.41 Å². The van der Waals surface area contributed by atoms with Crippen molar-refractivity contribution in [2.75, 3.05) is 0 Å². The predicted octanol–water partition coefficient (Wildman–Crippen LogP) is 2.58. The molecule has 0 saturated carbocycles. The molecule has 0 saturated heterocycles. The van der Waals surface area contributed by atoms with E-state index in [4.69, 9.17) is 11.1 Å². The minimum atomic E-state index is 0.0980. The third kappa shape index (κ3) is 2.57. The Labute approximate surface area is 95.9 Å². The third-order valence-corrected chi connectivity index (χ3v) is 3.67. The van der Waals surface area contributed by atoms with Crippen molar-refractivity contribution in [2.24, 2.45) is 5.73 Å². The van der Waals surface area contributed by atoms with E-state index in [0.717, 1.165) is 14.8 Å². The summed E-state index contributed by atoms with van der Waals surface area (Å²) in [7, 11) is 0. The van der Waals surface area contributed by atoms with Crippen LogP contribution in [0.5, 0.6) is 0 Å². The first-order chi connectivity index (χ1) is 7.25. The molecule has 1 aromatic carbocycles. The summed E-state index contributed by atoms with van der Waals surface area (Å²) in [4.78, 5) is 5.29. The summed E-state index contributed by atoms with van der Waals surface area (Å²) >= 11 is 3.22. The number of amidine groups is 1. The van der Waals surface area contributed by atoms with Crippen molar-refractivity contribution in [1.29, 1.82) is 5.41 Å². The topological polar surface area (TPSA) is 62.8 Å². The zero-order chi connectivity index (χ0) is 10.7. The number of nitrogens with zero attached hydrogens (tertiary/aromatic N) is 1. The summed E-state index contributed by atoms with van der Waals surface area (Å²) in [6.45, 7) is 0. The van der Waals surface area contributed by atoms with Gasteiger partial charge in [0.25, 0.3) is 0 Å². The molecule has 5 heteroatoms. The van der Waals surface area contributed by atoms with E-state index in [1.54, 1.807) is 29.3 Å². The highest BCUT2D eigenvalue weighted by molar-refractivity contribution is 8.01. The molecule has 0 radical (unpaired) electrons. The van der Waals surface area contributed by atoms with Crippen LogP contribution in [0.3, 0.4) is 0 Å². The molecule has 0 unspecified atom stereocenters. The smallest absolute Gasteiger partial charge is 0.154 e. The molecule has 0 atom stereocenters. The van der Waals surface area contributed by atoms with Crippen molar-refractivity contribution >= 4 is 28.9 Å². The van der Waals surface area contributed by atoms with Crippen molar-refractivity contribution in [2.45, 2.75) is 9.24 Å². The Morgan fingerprint density at radius 1 is 1.33 bits per heavy atom. The lowest BCUT2D eigenvalue weighted by Gasteiger charge is -2.00. The summed E-state index contributed by atoms with van der Waals surface area (Å²) in [6, 6.07) is 7.59. The van der Waals surface area contributed by atoms with Crippen LogP contribution < -0.4 is 5.73 Å². The highest BCUT2D eigenvalue weighted by atomic mass is 32.2. The molecule has 1 heterocycles. The molecule has 3 N–H and O–H groups in total. The summed E-state index contributed by atoms with van der Waals surface area (Å²) in [5, 5.41) is 9.21. The van der Waals surface area contributed by atoms with Crippen LogP contribution in [0.4, 0.5) is 0 Å². The van der Waals surface area contributed by atoms with Crippen LogP contribution in [0.1, 0.15) is 5.56 Å². The van der Waals surface area contributed by atoms with Crippen LogP contribution >= 0.6 is 23.1 Å². The van der Waals surface area contributed by atoms with E-state index in [1.807, 2.05) is 29.6 Å². The molecule has 15 heavy (non-hydrogen) atoms. The SMILES string of the molecule is N=C(N)c1ccc(Sc2nccs2)cc1. The van der Waals surface area contributed by atoms with E-state index in [9.17, 15) is 0 Å². The number of hydrogen-bond donors (Lipinski definition) is 2. The molecule has 0 spiro atoms. The van der Waals surface area contributed by atoms with Crippen LogP contribution in [0.25, 0.3) is 0 Å². The second-order valence-corrected chi connectivity index (χ2v) is 5.05. The van der Waals surface area contributed by atoms with E-state index in [0.29, 0.717) is 0 Å². The number of thiazole rings is 1. The minimum absolute atomic E-state index is 0.0980. The minimum Gasteiger partial charge on any atom is -0.384 e. The van der Waals surface area contributed by atoms with Gasteiger partial charge in [-0.25, -0.2) is 4.98 Å². The maximum absolute atomic E-state index is 7.26. The first kappa shape index (κ1) is 10.2. The lowest BCUT2D eigenvalue weighted by Crippen LogP contribution is -2.10. The zero-order valence-corrected chi connectivity index (χ0v) is 9.44. The van der Waals surface area contributed by atoms with Gasteiger partial charge >= 0.3 is 0 Å². The second-order valence-electron chi connectivity index (χ2n) is 2.84. The normalized spacial score (nSPS) is 10.1. The Balaban J connectivity index is 2.14. The van der Waals surface area contributed by atoms with Gasteiger partial charge in [0.1, 0.15) is 5.84 Å². The fourth-order valence-electron chi connectivity index (χ4n) is 1.06. The zero-order valence-electron chi connectivity index (χ0n) is 7.81. The first-order valence-electron chi connectivity index (χ1n) is 4.27. The van der Waals surface area contributed by atoms with Gasteiger partial charge in [-0.2, -0.15) is 0 Å². The van der Waals surface area contributed by atoms with Crippen LogP contribution in [0.2, 0.25) is 0 Å². The molecule has 2 rings (SSSR count). The highest BCUT2D eigenvalue weighted by Crippen LogP contribution is 2.28. The third-order valence-electron chi connectivity index (χ3n) is 1.78. The van der Waals surface area contributed by atoms with Gasteiger partial charge in [0.2, 0.25) is 0 Å². The number of nitrogens with two attached hydrogens (primary N) is 1. The van der Waals surface area contributed by atoms with Gasteiger partial charge in [-0.05, 0) is 12.1 Å². The molecule has 76 valence electrons. The lowest BCUT2D eigenvalue weighted by molar-refractivity contribution is 1.24. The van der Waals surface area contributed by atoms with E-state index >= 15 is 0 Å². The second kappa shape index (κ2) is 4.46. The average Bonchev–Trinajstić information content (AvgIpc) is 2.71. The fourth-order valence-corrected chi connectivity index (χ4v) is 2.66. The fraction of sp³-hybridized carbons (Fsp3) is 0. The van der Waals surface area contributed by atoms with E-state index in [1.165, 1.54) is 0 Å². The van der Waals surface area contributed by atoms with E-state index < -0.39 is 0 Å². The molecule has 2 aromatic rings. The molecule has 3 nitrogen and oxygen atoms in total. The van der Waals surface area contributed by atoms with Crippen LogP contribution in [-0.4, -0.2) is 10.8 Å². The summed E-state index contributed by atoms with van der Waals surface area (Å²) in [6.07, 6.45) is 1.79. The average molecular weight is 235 g/mol. The Morgan fingerprint density at radius 3 is 2.60 bits per heavy atom. The summed E-state index contributed by atoms with van der Waals surface area (Å²) < 4.78 is 1.02. The standard InChI is InChI=1S/C10H9N3S2/c11-9(12)7-1-3-8(4-2-7)15-10-13-5-6-14-10/h1-6H,(H3,11,12). The largest absolute Gasteiger partial charge is 0.384 e. The van der Waals surface area contributed by atoms with E-state index in [2.05, 4.69) is 4.98 Å². The molecule has 0 bridgehead atoms. The van der Waals surface area contributed by atoms with Crippen molar-refractivity contribution in [3.05, 3.63) is 41.4 Å². The van der Waals surface area contributed by atoms with Gasteiger partial charge in [-0.15, -0.1) is 11.3 Å². The number of aromatic nitrogens is 1. The number of nitrogens with one attached hydrogen (secondary N) is 1. The molecule has 0 aliphatic carbocycles. The molecule has 0 aliphatic rings. The molecular formula is C10H9N3S2. The van der Waals surface area contributed by atoms with Gasteiger partial charge in [-0.1, -0.05) is 23.9 Å². The summed E-state index contributed by atoms with van der Waals surface area (Å²) in [5.74, 6) is 0.0980. The van der Waals surface area contributed by atoms with Crippen molar-refractivity contribution in [3.8, 4) is 0 Å². The maximum atomic E-state index is 7.26. The van der Waals surface area contributed by atoms with Crippen LogP contribution in [0.15, 0.2) is 45.1 Å². The Bertz CT molecular complexity index is 448. The maximum Gasteiger partial charge on any atom is 0.154 e. The summed E-state index contributed by atoms with van der Waals surface area (Å²) in [5.41, 5.74) is 6.11. The van der Waals surface area contributed by atoms with Crippen molar-refractivity contribution in [1.82, 2.24) is 4.98 Å². The molecule has 1 aromatic heterocycles. The molecular weight excluding hydrogens is 226 g/mol. The van der Waals surface area contributed by atoms with Gasteiger partial charge in [0.15, 0.2) is 4.34 Å². The Morgan fingerprint density at radius 2 is 2.07 bits per heavy atom. The van der Waals surface area contributed by atoms with Gasteiger partial charge < -0.3 is 5.73 Å². The van der Waals surface area contributed by atoms with Gasteiger partial charge in [0.05, 0.1) is 0 Å². The Hall–Kier alpha value is -1.33. The Kier molecular flexibility index (Phi) is 3.03. The number of benzene rings is 1. The molecule has 0 aliphatic heterocycles. The number of rotatable bonds is 3. The van der Waals surface area contributed by atoms with Crippen molar-refractivity contribution < 1.29 is 0 Å². The molecule has 0 amide bonds. The van der Waals surface area contributed by atoms with Crippen LogP contribution in [-0.2, 0) is 0 Å². The number of nitrogen functional groups attached to an aromatic ring is 1. The predicted molar refractivity (Wildman–Crippen MR) is 63.7 cm³/mol. The quantitative estimate of drug-likeness (QED) is 0.635. The van der Waals surface area contributed by atoms with E-state index in [-0.39, 0.29) is 5.84 Å². The molecule has 0 fully saturated rings. The first-order valence-corrected chi connectivity index (χ1v) is 5.97. The number of hydrogen-bond acceptors (Lipinski definition) is 4.